The van der Waals surface area contributed by atoms with Crippen LogP contribution in [0.3, 0.4) is 0 Å². The van der Waals surface area contributed by atoms with E-state index in [4.69, 9.17) is 0 Å². The van der Waals surface area contributed by atoms with Crippen molar-refractivity contribution in [2.75, 3.05) is 13.1 Å². The quantitative estimate of drug-likeness (QED) is 0.779. The maximum absolute atomic E-state index is 11.8. The first-order valence-corrected chi connectivity index (χ1v) is 6.67. The number of carbonyl (C=O) groups is 1. The van der Waals surface area contributed by atoms with E-state index in [1.54, 1.807) is 0 Å². The number of nitrogens with zero attached hydrogens (tertiary/aromatic N) is 1. The van der Waals surface area contributed by atoms with E-state index in [1.807, 2.05) is 4.90 Å². The Hall–Kier alpha value is -0.570. The standard InChI is InChI=1S/C13H26N2O/c1-4-5-6-13(16)15-9-7-12(8-10-15)14-11(2)3/h11-12,14H,4-10H2,1-3H3. The molecule has 0 atom stereocenters. The fraction of sp³-hybridized carbons (Fsp3) is 0.923. The van der Waals surface area contributed by atoms with Crippen molar-refractivity contribution >= 4 is 5.91 Å². The van der Waals surface area contributed by atoms with Crippen LogP contribution < -0.4 is 5.32 Å². The van der Waals surface area contributed by atoms with Gasteiger partial charge in [-0.3, -0.25) is 4.79 Å². The minimum Gasteiger partial charge on any atom is -0.343 e. The van der Waals surface area contributed by atoms with Gasteiger partial charge in [-0.1, -0.05) is 27.2 Å². The van der Waals surface area contributed by atoms with Crippen LogP contribution in [0, 0.1) is 0 Å². The smallest absolute Gasteiger partial charge is 0.222 e. The van der Waals surface area contributed by atoms with E-state index in [0.717, 1.165) is 45.2 Å². The maximum Gasteiger partial charge on any atom is 0.222 e. The van der Waals surface area contributed by atoms with E-state index in [1.165, 1.54) is 0 Å². The minimum absolute atomic E-state index is 0.352. The Kier molecular flexibility index (Phi) is 5.81. The van der Waals surface area contributed by atoms with Crippen LogP contribution in [-0.4, -0.2) is 36.0 Å². The van der Waals surface area contributed by atoms with Gasteiger partial charge in [0.2, 0.25) is 5.91 Å². The lowest BCUT2D eigenvalue weighted by Gasteiger charge is -2.33. The van der Waals surface area contributed by atoms with Gasteiger partial charge in [0.15, 0.2) is 0 Å². The predicted octanol–water partition coefficient (Wildman–Crippen LogP) is 2.17. The zero-order valence-electron chi connectivity index (χ0n) is 11.0. The molecule has 3 heteroatoms. The Balaban J connectivity index is 2.23. The highest BCUT2D eigenvalue weighted by Gasteiger charge is 2.22. The molecule has 0 spiro atoms. The van der Waals surface area contributed by atoms with Crippen LogP contribution in [0.1, 0.15) is 52.9 Å². The molecule has 1 fully saturated rings. The highest BCUT2D eigenvalue weighted by atomic mass is 16.2. The van der Waals surface area contributed by atoms with Gasteiger partial charge in [0.1, 0.15) is 0 Å². The molecule has 0 aromatic carbocycles. The predicted molar refractivity (Wildman–Crippen MR) is 67.4 cm³/mol. The molecule has 3 nitrogen and oxygen atoms in total. The summed E-state index contributed by atoms with van der Waals surface area (Å²) >= 11 is 0. The number of rotatable bonds is 5. The number of likely N-dealkylation sites (tertiary alicyclic amines) is 1. The fourth-order valence-electron chi connectivity index (χ4n) is 2.25. The van der Waals surface area contributed by atoms with Crippen molar-refractivity contribution in [3.8, 4) is 0 Å². The van der Waals surface area contributed by atoms with Crippen molar-refractivity contribution in [1.82, 2.24) is 10.2 Å². The summed E-state index contributed by atoms with van der Waals surface area (Å²) in [5.74, 6) is 0.352. The minimum atomic E-state index is 0.352. The molecule has 1 aliphatic rings. The summed E-state index contributed by atoms with van der Waals surface area (Å²) < 4.78 is 0. The molecule has 0 bridgehead atoms. The van der Waals surface area contributed by atoms with Gasteiger partial charge in [-0.25, -0.2) is 0 Å². The molecule has 0 radical (unpaired) electrons. The molecule has 1 amide bonds. The van der Waals surface area contributed by atoms with Crippen LogP contribution in [-0.2, 0) is 4.79 Å². The first kappa shape index (κ1) is 13.5. The fourth-order valence-corrected chi connectivity index (χ4v) is 2.25. The van der Waals surface area contributed by atoms with Crippen LogP contribution in [0.2, 0.25) is 0 Å². The van der Waals surface area contributed by atoms with Gasteiger partial charge in [-0.05, 0) is 19.3 Å². The second kappa shape index (κ2) is 6.89. The molecule has 0 aromatic rings. The molecule has 0 aliphatic carbocycles. The summed E-state index contributed by atoms with van der Waals surface area (Å²) in [5, 5.41) is 3.55. The third kappa shape index (κ3) is 4.52. The Morgan fingerprint density at radius 3 is 2.50 bits per heavy atom. The Morgan fingerprint density at radius 1 is 1.38 bits per heavy atom. The molecular formula is C13H26N2O. The van der Waals surface area contributed by atoms with Crippen molar-refractivity contribution in [2.24, 2.45) is 0 Å². The molecule has 1 saturated heterocycles. The largest absolute Gasteiger partial charge is 0.343 e. The lowest BCUT2D eigenvalue weighted by molar-refractivity contribution is -0.132. The Morgan fingerprint density at radius 2 is 2.00 bits per heavy atom. The summed E-state index contributed by atoms with van der Waals surface area (Å²) in [5.41, 5.74) is 0. The normalized spacial score (nSPS) is 18.1. The number of hydrogen-bond donors (Lipinski definition) is 1. The van der Waals surface area contributed by atoms with Gasteiger partial charge in [0, 0.05) is 31.6 Å². The van der Waals surface area contributed by atoms with Crippen LogP contribution in [0.15, 0.2) is 0 Å². The number of carbonyl (C=O) groups excluding carboxylic acids is 1. The van der Waals surface area contributed by atoms with Gasteiger partial charge in [0.05, 0.1) is 0 Å². The molecule has 0 aromatic heterocycles. The van der Waals surface area contributed by atoms with E-state index in [-0.39, 0.29) is 0 Å². The van der Waals surface area contributed by atoms with E-state index < -0.39 is 0 Å². The summed E-state index contributed by atoms with van der Waals surface area (Å²) in [7, 11) is 0. The SMILES string of the molecule is CCCCC(=O)N1CCC(NC(C)C)CC1. The molecule has 94 valence electrons. The summed E-state index contributed by atoms with van der Waals surface area (Å²) in [6.45, 7) is 8.36. The van der Waals surface area contributed by atoms with Gasteiger partial charge in [-0.2, -0.15) is 0 Å². The Labute approximate surface area is 99.6 Å². The number of unbranched alkanes of at least 4 members (excludes halogenated alkanes) is 1. The molecule has 0 unspecified atom stereocenters. The topological polar surface area (TPSA) is 32.3 Å². The third-order valence-electron chi connectivity index (χ3n) is 3.16. The van der Waals surface area contributed by atoms with Gasteiger partial charge < -0.3 is 10.2 Å². The molecule has 16 heavy (non-hydrogen) atoms. The average molecular weight is 226 g/mol. The van der Waals surface area contributed by atoms with Crippen molar-refractivity contribution in [1.29, 1.82) is 0 Å². The second-order valence-electron chi connectivity index (χ2n) is 5.08. The zero-order chi connectivity index (χ0) is 12.0. The van der Waals surface area contributed by atoms with Crippen molar-refractivity contribution in [3.05, 3.63) is 0 Å². The number of amides is 1. The first-order chi connectivity index (χ1) is 7.63. The van der Waals surface area contributed by atoms with E-state index in [0.29, 0.717) is 18.0 Å². The van der Waals surface area contributed by atoms with Gasteiger partial charge >= 0.3 is 0 Å². The lowest BCUT2D eigenvalue weighted by atomic mass is 10.0. The summed E-state index contributed by atoms with van der Waals surface area (Å²) in [4.78, 5) is 13.8. The second-order valence-corrected chi connectivity index (χ2v) is 5.08. The Bertz CT molecular complexity index is 208. The highest BCUT2D eigenvalue weighted by Crippen LogP contribution is 2.13. The van der Waals surface area contributed by atoms with E-state index in [9.17, 15) is 4.79 Å². The third-order valence-corrected chi connectivity index (χ3v) is 3.16. The van der Waals surface area contributed by atoms with Gasteiger partial charge in [0.25, 0.3) is 0 Å². The zero-order valence-corrected chi connectivity index (χ0v) is 11.0. The molecule has 1 aliphatic heterocycles. The van der Waals surface area contributed by atoms with Crippen molar-refractivity contribution in [2.45, 2.75) is 65.0 Å². The van der Waals surface area contributed by atoms with Gasteiger partial charge in [-0.15, -0.1) is 0 Å². The average Bonchev–Trinajstić information content (AvgIpc) is 2.26. The molecule has 1 heterocycles. The van der Waals surface area contributed by atoms with Crippen molar-refractivity contribution in [3.63, 3.8) is 0 Å². The first-order valence-electron chi connectivity index (χ1n) is 6.67. The monoisotopic (exact) mass is 226 g/mol. The van der Waals surface area contributed by atoms with Crippen LogP contribution in [0.5, 0.6) is 0 Å². The number of piperidine rings is 1. The van der Waals surface area contributed by atoms with E-state index >= 15 is 0 Å². The number of nitrogens with one attached hydrogen (secondary N) is 1. The number of hydrogen-bond acceptors (Lipinski definition) is 2. The van der Waals surface area contributed by atoms with Crippen LogP contribution in [0.4, 0.5) is 0 Å². The molecule has 1 N–H and O–H groups in total. The van der Waals surface area contributed by atoms with Crippen LogP contribution in [0.25, 0.3) is 0 Å². The van der Waals surface area contributed by atoms with Crippen molar-refractivity contribution < 1.29 is 4.79 Å². The summed E-state index contributed by atoms with van der Waals surface area (Å²) in [6, 6.07) is 1.16. The van der Waals surface area contributed by atoms with E-state index in [2.05, 4.69) is 26.1 Å². The molecule has 1 rings (SSSR count). The highest BCUT2D eigenvalue weighted by molar-refractivity contribution is 5.76. The maximum atomic E-state index is 11.8. The summed E-state index contributed by atoms with van der Waals surface area (Å²) in [6.07, 6.45) is 5.09. The molecular weight excluding hydrogens is 200 g/mol. The molecule has 0 saturated carbocycles. The van der Waals surface area contributed by atoms with Crippen LogP contribution >= 0.6 is 0 Å². The lowest BCUT2D eigenvalue weighted by Crippen LogP contribution is -2.46.